The van der Waals surface area contributed by atoms with Gasteiger partial charge in [-0.25, -0.2) is 4.79 Å². The molecule has 2 aromatic rings. The van der Waals surface area contributed by atoms with Crippen molar-refractivity contribution in [3.8, 4) is 0 Å². The van der Waals surface area contributed by atoms with Crippen molar-refractivity contribution < 1.29 is 14.3 Å². The smallest absolute Gasteiger partial charge is 0.315 e. The number of methoxy groups -OCH3 is 1. The normalized spacial score (nSPS) is 22.5. The number of fused-ring (bicyclic) bond motifs is 1. The molecule has 2 aliphatic rings. The first-order valence-electron chi connectivity index (χ1n) is 10.9. The van der Waals surface area contributed by atoms with Crippen molar-refractivity contribution >= 4 is 23.8 Å². The minimum Gasteiger partial charge on any atom is -0.469 e. The number of carbonyl (C=O) groups excluding carboxylic acids is 2. The number of thioether (sulfide) groups is 1. The molecule has 0 bridgehead atoms. The lowest BCUT2D eigenvalue weighted by atomic mass is 9.72. The summed E-state index contributed by atoms with van der Waals surface area (Å²) in [5.41, 5.74) is 1.68. The number of rotatable bonds is 9. The van der Waals surface area contributed by atoms with E-state index in [0.717, 1.165) is 36.1 Å². The van der Waals surface area contributed by atoms with Crippen molar-refractivity contribution in [1.29, 1.82) is 0 Å². The van der Waals surface area contributed by atoms with Gasteiger partial charge < -0.3 is 15.4 Å². The molecule has 0 saturated carbocycles. The van der Waals surface area contributed by atoms with E-state index in [0.29, 0.717) is 18.1 Å². The minimum atomic E-state index is -0.614. The first kappa shape index (κ1) is 21.8. The summed E-state index contributed by atoms with van der Waals surface area (Å²) >= 11 is 1.92. The third-order valence-corrected chi connectivity index (χ3v) is 7.98. The highest BCUT2D eigenvalue weighted by atomic mass is 32.2. The van der Waals surface area contributed by atoms with Crippen molar-refractivity contribution in [1.82, 2.24) is 10.6 Å². The molecule has 2 N–H and O–H groups in total. The van der Waals surface area contributed by atoms with E-state index in [1.165, 1.54) is 7.11 Å². The van der Waals surface area contributed by atoms with Crippen LogP contribution in [0.1, 0.15) is 30.4 Å². The van der Waals surface area contributed by atoms with Gasteiger partial charge in [-0.1, -0.05) is 67.1 Å². The third-order valence-electron chi connectivity index (χ3n) is 6.47. The standard InChI is InChI=1S/C25H30N2O3S/c1-30-23(28)25(15-18-9-4-2-5-10-18,16-19-11-6-3-7-12-19)14-8-13-21-22-20(17-31-21)26-24(29)27-22/h2-7,9-12,20-22H,8,13-17H2,1H3,(H2,26,27,29)/t20-,21-,22-/m0/s1. The molecule has 0 radical (unpaired) electrons. The average Bonchev–Trinajstić information content (AvgIpc) is 3.34. The number of nitrogens with one attached hydrogen (secondary N) is 2. The SMILES string of the molecule is COC(=O)C(CCC[C@@H]1SC[C@@H]2NC(=O)N[C@@H]21)(Cc1ccccc1)Cc1ccccc1. The molecule has 2 aromatic carbocycles. The maximum Gasteiger partial charge on any atom is 0.315 e. The van der Waals surface area contributed by atoms with E-state index in [1.807, 2.05) is 48.2 Å². The van der Waals surface area contributed by atoms with Gasteiger partial charge in [0.25, 0.3) is 0 Å². The molecule has 164 valence electrons. The minimum absolute atomic E-state index is 0.0580. The molecular weight excluding hydrogens is 408 g/mol. The summed E-state index contributed by atoms with van der Waals surface area (Å²) in [6, 6.07) is 20.8. The molecule has 0 spiro atoms. The van der Waals surface area contributed by atoms with E-state index < -0.39 is 5.41 Å². The Morgan fingerprint density at radius 1 is 1.03 bits per heavy atom. The molecule has 2 heterocycles. The largest absolute Gasteiger partial charge is 0.469 e. The number of carbonyl (C=O) groups is 2. The fourth-order valence-corrected chi connectivity index (χ4v) is 6.50. The summed E-state index contributed by atoms with van der Waals surface area (Å²) < 4.78 is 5.35. The summed E-state index contributed by atoms with van der Waals surface area (Å²) in [4.78, 5) is 24.9. The van der Waals surface area contributed by atoms with Crippen LogP contribution in [0.15, 0.2) is 60.7 Å². The highest BCUT2D eigenvalue weighted by molar-refractivity contribution is 8.00. The van der Waals surface area contributed by atoms with Crippen molar-refractivity contribution in [3.63, 3.8) is 0 Å². The van der Waals surface area contributed by atoms with Crippen LogP contribution in [0.25, 0.3) is 0 Å². The van der Waals surface area contributed by atoms with Crippen LogP contribution in [-0.4, -0.2) is 42.2 Å². The van der Waals surface area contributed by atoms with Crippen molar-refractivity contribution in [2.75, 3.05) is 12.9 Å². The number of benzene rings is 2. The molecule has 2 aliphatic heterocycles. The summed E-state index contributed by atoms with van der Waals surface area (Å²) in [6.07, 6.45) is 3.93. The number of hydrogen-bond acceptors (Lipinski definition) is 4. The zero-order valence-corrected chi connectivity index (χ0v) is 18.7. The van der Waals surface area contributed by atoms with Crippen LogP contribution in [0.3, 0.4) is 0 Å². The topological polar surface area (TPSA) is 67.4 Å². The summed E-state index contributed by atoms with van der Waals surface area (Å²) in [7, 11) is 1.49. The van der Waals surface area contributed by atoms with E-state index in [1.54, 1.807) is 0 Å². The first-order chi connectivity index (χ1) is 15.1. The Morgan fingerprint density at radius 2 is 1.65 bits per heavy atom. The highest BCUT2D eigenvalue weighted by Crippen LogP contribution is 2.38. The number of hydrogen-bond donors (Lipinski definition) is 2. The van der Waals surface area contributed by atoms with Gasteiger partial charge in [0.2, 0.25) is 0 Å². The van der Waals surface area contributed by atoms with E-state index in [2.05, 4.69) is 34.9 Å². The van der Waals surface area contributed by atoms with Crippen LogP contribution < -0.4 is 10.6 Å². The maximum atomic E-state index is 13.2. The van der Waals surface area contributed by atoms with Gasteiger partial charge >= 0.3 is 12.0 Å². The molecule has 0 unspecified atom stereocenters. The highest BCUT2D eigenvalue weighted by Gasteiger charge is 2.44. The molecule has 4 rings (SSSR count). The van der Waals surface area contributed by atoms with Crippen LogP contribution in [0.5, 0.6) is 0 Å². The quantitative estimate of drug-likeness (QED) is 0.459. The second kappa shape index (κ2) is 9.77. The van der Waals surface area contributed by atoms with Crippen LogP contribution in [0.2, 0.25) is 0 Å². The molecule has 2 amide bonds. The average molecular weight is 439 g/mol. The Balaban J connectivity index is 1.51. The zero-order valence-electron chi connectivity index (χ0n) is 17.9. The molecule has 0 aliphatic carbocycles. The number of amides is 2. The second-order valence-electron chi connectivity index (χ2n) is 8.61. The molecule has 0 aromatic heterocycles. The summed E-state index contributed by atoms with van der Waals surface area (Å²) in [6.45, 7) is 0. The Kier molecular flexibility index (Phi) is 6.86. The van der Waals surface area contributed by atoms with Gasteiger partial charge in [-0.15, -0.1) is 0 Å². The first-order valence-corrected chi connectivity index (χ1v) is 12.0. The molecule has 31 heavy (non-hydrogen) atoms. The lowest BCUT2D eigenvalue weighted by Gasteiger charge is -2.32. The molecule has 2 fully saturated rings. The molecule has 6 heteroatoms. The van der Waals surface area contributed by atoms with Gasteiger partial charge in [0.15, 0.2) is 0 Å². The molecular formula is C25H30N2O3S. The fraction of sp³-hybridized carbons (Fsp3) is 0.440. The monoisotopic (exact) mass is 438 g/mol. The molecule has 3 atom stereocenters. The predicted molar refractivity (Wildman–Crippen MR) is 124 cm³/mol. The van der Waals surface area contributed by atoms with Gasteiger partial charge in [-0.05, 0) is 36.8 Å². The van der Waals surface area contributed by atoms with Crippen molar-refractivity contribution in [3.05, 3.63) is 71.8 Å². The zero-order chi connectivity index (χ0) is 21.7. The number of esters is 1. The maximum absolute atomic E-state index is 13.2. The van der Waals surface area contributed by atoms with Crippen LogP contribution in [0.4, 0.5) is 4.79 Å². The second-order valence-corrected chi connectivity index (χ2v) is 9.88. The Bertz CT molecular complexity index is 849. The van der Waals surface area contributed by atoms with E-state index >= 15 is 0 Å². The van der Waals surface area contributed by atoms with Crippen molar-refractivity contribution in [2.45, 2.75) is 49.4 Å². The van der Waals surface area contributed by atoms with Gasteiger partial charge in [-0.3, -0.25) is 4.79 Å². The lowest BCUT2D eigenvalue weighted by molar-refractivity contribution is -0.153. The Hall–Kier alpha value is -2.47. The summed E-state index contributed by atoms with van der Waals surface area (Å²) in [5, 5.41) is 6.45. The van der Waals surface area contributed by atoms with Gasteiger partial charge in [0.05, 0.1) is 24.6 Å². The fourth-order valence-electron chi connectivity index (χ4n) is 4.96. The van der Waals surface area contributed by atoms with Gasteiger partial charge in [0.1, 0.15) is 0 Å². The predicted octanol–water partition coefficient (Wildman–Crippen LogP) is 3.97. The molecule has 2 saturated heterocycles. The lowest BCUT2D eigenvalue weighted by Crippen LogP contribution is -2.39. The number of ether oxygens (including phenoxy) is 1. The third kappa shape index (κ3) is 5.06. The Labute approximate surface area is 188 Å². The van der Waals surface area contributed by atoms with E-state index in [9.17, 15) is 9.59 Å². The summed E-state index contributed by atoms with van der Waals surface area (Å²) in [5.74, 6) is 0.803. The van der Waals surface area contributed by atoms with E-state index in [-0.39, 0.29) is 24.1 Å². The van der Waals surface area contributed by atoms with Gasteiger partial charge in [-0.2, -0.15) is 11.8 Å². The van der Waals surface area contributed by atoms with Crippen LogP contribution in [0, 0.1) is 5.41 Å². The van der Waals surface area contributed by atoms with Gasteiger partial charge in [0, 0.05) is 11.0 Å². The Morgan fingerprint density at radius 3 is 2.23 bits per heavy atom. The van der Waals surface area contributed by atoms with Crippen molar-refractivity contribution in [2.24, 2.45) is 5.41 Å². The molecule has 5 nitrogen and oxygen atoms in total. The number of urea groups is 1. The van der Waals surface area contributed by atoms with E-state index in [4.69, 9.17) is 4.74 Å². The van der Waals surface area contributed by atoms with Crippen LogP contribution in [-0.2, 0) is 22.4 Å². The van der Waals surface area contributed by atoms with Crippen LogP contribution >= 0.6 is 11.8 Å².